The van der Waals surface area contributed by atoms with E-state index in [4.69, 9.17) is 5.73 Å². The van der Waals surface area contributed by atoms with Gasteiger partial charge in [0.05, 0.1) is 0 Å². The lowest BCUT2D eigenvalue weighted by Crippen LogP contribution is -2.25. The molecular formula is C11H13NO2. The zero-order chi connectivity index (χ0) is 10.2. The number of hydrogen-bond acceptors (Lipinski definition) is 3. The van der Waals surface area contributed by atoms with Gasteiger partial charge in [-0.25, -0.2) is 0 Å². The van der Waals surface area contributed by atoms with Crippen molar-refractivity contribution in [3.05, 3.63) is 29.3 Å². The number of benzene rings is 1. The Labute approximate surface area is 82.5 Å². The number of hydrogen-bond donors (Lipinski definition) is 2. The molecule has 2 rings (SSSR count). The van der Waals surface area contributed by atoms with E-state index >= 15 is 0 Å². The van der Waals surface area contributed by atoms with Crippen LogP contribution in [0.4, 0.5) is 0 Å². The van der Waals surface area contributed by atoms with Crippen molar-refractivity contribution < 1.29 is 9.90 Å². The van der Waals surface area contributed by atoms with Gasteiger partial charge in [0.25, 0.3) is 0 Å². The van der Waals surface area contributed by atoms with Crippen LogP contribution in [-0.4, -0.2) is 16.9 Å². The summed E-state index contributed by atoms with van der Waals surface area (Å²) in [5.41, 5.74) is 7.29. The van der Waals surface area contributed by atoms with Crippen molar-refractivity contribution in [1.82, 2.24) is 0 Å². The monoisotopic (exact) mass is 191 g/mol. The van der Waals surface area contributed by atoms with E-state index in [1.165, 1.54) is 6.07 Å². The quantitative estimate of drug-likeness (QED) is 0.706. The van der Waals surface area contributed by atoms with Gasteiger partial charge >= 0.3 is 0 Å². The Bertz CT molecular complexity index is 370. The maximum Gasteiger partial charge on any atom is 0.150 e. The fraction of sp³-hybridized carbons (Fsp3) is 0.364. The molecule has 0 heterocycles. The highest BCUT2D eigenvalue weighted by Gasteiger charge is 2.38. The van der Waals surface area contributed by atoms with Crippen molar-refractivity contribution in [2.75, 3.05) is 0 Å². The zero-order valence-electron chi connectivity index (χ0n) is 7.86. The largest absolute Gasteiger partial charge is 0.508 e. The van der Waals surface area contributed by atoms with Gasteiger partial charge in [0.15, 0.2) is 0 Å². The second kappa shape index (κ2) is 3.10. The average Bonchev–Trinajstić information content (AvgIpc) is 2.84. The number of rotatable bonds is 3. The minimum atomic E-state index is -0.133. The minimum absolute atomic E-state index is 0.133. The maximum absolute atomic E-state index is 10.7. The van der Waals surface area contributed by atoms with Gasteiger partial charge in [0, 0.05) is 11.1 Å². The van der Waals surface area contributed by atoms with Crippen LogP contribution in [0.3, 0.4) is 0 Å². The van der Waals surface area contributed by atoms with Gasteiger partial charge < -0.3 is 10.8 Å². The van der Waals surface area contributed by atoms with E-state index in [1.54, 1.807) is 12.1 Å². The summed E-state index contributed by atoms with van der Waals surface area (Å²) in [6, 6.07) is 4.77. The molecule has 0 aliphatic heterocycles. The van der Waals surface area contributed by atoms with Crippen molar-refractivity contribution >= 4 is 6.29 Å². The molecule has 1 aliphatic carbocycles. The summed E-state index contributed by atoms with van der Waals surface area (Å²) in [4.78, 5) is 10.7. The highest BCUT2D eigenvalue weighted by atomic mass is 16.3. The van der Waals surface area contributed by atoms with Crippen molar-refractivity contribution in [3.8, 4) is 5.75 Å². The Hall–Kier alpha value is -1.35. The Kier molecular flexibility index (Phi) is 2.04. The molecule has 0 aromatic heterocycles. The highest BCUT2D eigenvalue weighted by molar-refractivity contribution is 5.77. The number of carbonyl (C=O) groups is 1. The van der Waals surface area contributed by atoms with E-state index in [2.05, 4.69) is 0 Å². The summed E-state index contributed by atoms with van der Waals surface area (Å²) < 4.78 is 0. The SMILES string of the molecule is NC1(Cc2cc(O)ccc2C=O)CC1. The first kappa shape index (κ1) is 9.21. The summed E-state index contributed by atoms with van der Waals surface area (Å²) >= 11 is 0. The van der Waals surface area contributed by atoms with Gasteiger partial charge in [-0.3, -0.25) is 4.79 Å². The summed E-state index contributed by atoms with van der Waals surface area (Å²) in [6.45, 7) is 0. The van der Waals surface area contributed by atoms with Gasteiger partial charge in [0.1, 0.15) is 12.0 Å². The van der Waals surface area contributed by atoms with Gasteiger partial charge in [-0.2, -0.15) is 0 Å². The molecule has 1 aromatic rings. The highest BCUT2D eigenvalue weighted by Crippen LogP contribution is 2.36. The normalized spacial score (nSPS) is 17.8. The predicted octanol–water partition coefficient (Wildman–Crippen LogP) is 1.24. The first-order valence-corrected chi connectivity index (χ1v) is 4.69. The number of carbonyl (C=O) groups excluding carboxylic acids is 1. The van der Waals surface area contributed by atoms with Crippen molar-refractivity contribution in [2.24, 2.45) is 5.73 Å². The first-order valence-electron chi connectivity index (χ1n) is 4.69. The zero-order valence-corrected chi connectivity index (χ0v) is 7.86. The smallest absolute Gasteiger partial charge is 0.150 e. The molecule has 1 saturated carbocycles. The second-order valence-corrected chi connectivity index (χ2v) is 4.04. The third-order valence-corrected chi connectivity index (χ3v) is 2.69. The van der Waals surface area contributed by atoms with Crippen molar-refractivity contribution in [1.29, 1.82) is 0 Å². The molecule has 14 heavy (non-hydrogen) atoms. The van der Waals surface area contributed by atoms with Crippen LogP contribution in [0, 0.1) is 0 Å². The molecule has 3 heteroatoms. The van der Waals surface area contributed by atoms with Crippen LogP contribution in [0.2, 0.25) is 0 Å². The molecule has 0 radical (unpaired) electrons. The van der Waals surface area contributed by atoms with Crippen molar-refractivity contribution in [2.45, 2.75) is 24.8 Å². The first-order chi connectivity index (χ1) is 6.63. The molecule has 1 fully saturated rings. The average molecular weight is 191 g/mol. The molecule has 0 saturated heterocycles. The molecule has 1 aliphatic rings. The van der Waals surface area contributed by atoms with Gasteiger partial charge in [-0.05, 0) is 43.0 Å². The van der Waals surface area contributed by atoms with Crippen LogP contribution in [0.1, 0.15) is 28.8 Å². The van der Waals surface area contributed by atoms with E-state index in [9.17, 15) is 9.90 Å². The van der Waals surface area contributed by atoms with Gasteiger partial charge in [0.2, 0.25) is 0 Å². The number of nitrogens with two attached hydrogens (primary N) is 1. The lowest BCUT2D eigenvalue weighted by Gasteiger charge is -2.10. The molecule has 0 unspecified atom stereocenters. The van der Waals surface area contributed by atoms with E-state index in [0.717, 1.165) is 24.7 Å². The molecular weight excluding hydrogens is 178 g/mol. The van der Waals surface area contributed by atoms with Crippen LogP contribution < -0.4 is 5.73 Å². The van der Waals surface area contributed by atoms with Crippen LogP contribution in [0.15, 0.2) is 18.2 Å². The molecule has 0 spiro atoms. The van der Waals surface area contributed by atoms with E-state index in [-0.39, 0.29) is 11.3 Å². The Morgan fingerprint density at radius 3 is 2.79 bits per heavy atom. The molecule has 1 aromatic carbocycles. The molecule has 0 amide bonds. The number of phenols is 1. The van der Waals surface area contributed by atoms with Crippen molar-refractivity contribution in [3.63, 3.8) is 0 Å². The molecule has 3 N–H and O–H groups in total. The van der Waals surface area contributed by atoms with E-state index in [0.29, 0.717) is 12.0 Å². The van der Waals surface area contributed by atoms with E-state index in [1.807, 2.05) is 0 Å². The molecule has 3 nitrogen and oxygen atoms in total. The Morgan fingerprint density at radius 2 is 2.21 bits per heavy atom. The van der Waals surface area contributed by atoms with Gasteiger partial charge in [-0.1, -0.05) is 0 Å². The summed E-state index contributed by atoms with van der Waals surface area (Å²) in [5, 5.41) is 9.29. The molecule has 74 valence electrons. The third kappa shape index (κ3) is 1.77. The van der Waals surface area contributed by atoms with Crippen LogP contribution in [0.25, 0.3) is 0 Å². The van der Waals surface area contributed by atoms with Crippen LogP contribution in [-0.2, 0) is 6.42 Å². The minimum Gasteiger partial charge on any atom is -0.508 e. The number of aldehydes is 1. The van der Waals surface area contributed by atoms with Crippen LogP contribution in [0.5, 0.6) is 5.75 Å². The number of phenolic OH excluding ortho intramolecular Hbond substituents is 1. The van der Waals surface area contributed by atoms with E-state index < -0.39 is 0 Å². The third-order valence-electron chi connectivity index (χ3n) is 2.69. The Morgan fingerprint density at radius 1 is 1.50 bits per heavy atom. The predicted molar refractivity (Wildman–Crippen MR) is 53.4 cm³/mol. The second-order valence-electron chi connectivity index (χ2n) is 4.04. The van der Waals surface area contributed by atoms with Crippen LogP contribution >= 0.6 is 0 Å². The lowest BCUT2D eigenvalue weighted by atomic mass is 10.00. The summed E-state index contributed by atoms with van der Waals surface area (Å²) in [6.07, 6.45) is 3.48. The lowest BCUT2D eigenvalue weighted by molar-refractivity contribution is 0.112. The van der Waals surface area contributed by atoms with Gasteiger partial charge in [-0.15, -0.1) is 0 Å². The summed E-state index contributed by atoms with van der Waals surface area (Å²) in [5.74, 6) is 0.190. The molecule has 0 bridgehead atoms. The summed E-state index contributed by atoms with van der Waals surface area (Å²) in [7, 11) is 0. The Balaban J connectivity index is 2.29. The fourth-order valence-electron chi connectivity index (χ4n) is 1.58. The fourth-order valence-corrected chi connectivity index (χ4v) is 1.58. The standard InChI is InChI=1S/C11H13NO2/c12-11(3-4-11)6-9-5-10(14)2-1-8(9)7-13/h1-2,5,7,14H,3-4,6,12H2. The topological polar surface area (TPSA) is 63.3 Å². The molecule has 0 atom stereocenters. The number of aromatic hydroxyl groups is 1. The maximum atomic E-state index is 10.7.